The molecule has 0 saturated carbocycles. The van der Waals surface area contributed by atoms with Crippen LogP contribution < -0.4 is 0 Å². The lowest BCUT2D eigenvalue weighted by atomic mass is 10.7. The molecular formula is C14H30O5Si2. The van der Waals surface area contributed by atoms with Crippen molar-refractivity contribution in [2.75, 3.05) is 26.4 Å². The molecule has 7 heteroatoms. The first kappa shape index (κ1) is 20.7. The molecule has 0 bridgehead atoms. The Bertz CT molecular complexity index is 272. The fourth-order valence-corrected chi connectivity index (χ4v) is 8.54. The van der Waals surface area contributed by atoms with Gasteiger partial charge in [0.2, 0.25) is 0 Å². The van der Waals surface area contributed by atoms with Crippen molar-refractivity contribution in [1.82, 2.24) is 0 Å². The van der Waals surface area contributed by atoms with Crippen LogP contribution in [0.5, 0.6) is 0 Å². The maximum absolute atomic E-state index is 6.31. The van der Waals surface area contributed by atoms with Crippen LogP contribution in [0.25, 0.3) is 0 Å². The molecule has 0 aliphatic heterocycles. The Labute approximate surface area is 131 Å². The molecule has 0 aliphatic rings. The maximum Gasteiger partial charge on any atom is 0.670 e. The van der Waals surface area contributed by atoms with Crippen molar-refractivity contribution in [2.24, 2.45) is 0 Å². The van der Waals surface area contributed by atoms with Crippen LogP contribution in [-0.4, -0.2) is 44.0 Å². The number of rotatable bonds is 14. The highest BCUT2D eigenvalue weighted by Gasteiger charge is 2.53. The largest absolute Gasteiger partial charge is 0.670 e. The Morgan fingerprint density at radius 2 is 1.10 bits per heavy atom. The van der Waals surface area contributed by atoms with E-state index in [2.05, 4.69) is 13.2 Å². The standard InChI is InChI=1S/C14H30O5Si2/c1-7-13-20(14-8-2,15-9-3)19-21(16-10-4,17-11-5)18-12-6/h7-8H,1-2,9-14H2,3-6H3. The molecule has 0 aromatic rings. The minimum atomic E-state index is -3.20. The van der Waals surface area contributed by atoms with Gasteiger partial charge in [0.1, 0.15) is 0 Å². The Balaban J connectivity index is 5.40. The summed E-state index contributed by atoms with van der Waals surface area (Å²) in [5.41, 5.74) is 0. The van der Waals surface area contributed by atoms with Crippen LogP contribution in [0.1, 0.15) is 27.7 Å². The molecule has 0 rings (SSSR count). The monoisotopic (exact) mass is 334 g/mol. The lowest BCUT2D eigenvalue weighted by Crippen LogP contribution is -2.59. The van der Waals surface area contributed by atoms with E-state index in [0.717, 1.165) is 0 Å². The van der Waals surface area contributed by atoms with Crippen molar-refractivity contribution >= 4 is 17.6 Å². The third-order valence-corrected chi connectivity index (χ3v) is 9.64. The summed E-state index contributed by atoms with van der Waals surface area (Å²) in [6, 6.07) is 1.27. The zero-order valence-electron chi connectivity index (χ0n) is 13.9. The molecule has 21 heavy (non-hydrogen) atoms. The van der Waals surface area contributed by atoms with Gasteiger partial charge in [-0.05, 0) is 27.7 Å². The number of hydrogen-bond donors (Lipinski definition) is 0. The molecule has 0 saturated heterocycles. The van der Waals surface area contributed by atoms with Crippen LogP contribution in [0.2, 0.25) is 12.1 Å². The first-order chi connectivity index (χ1) is 10.1. The molecule has 0 aliphatic carbocycles. The van der Waals surface area contributed by atoms with E-state index in [-0.39, 0.29) is 0 Å². The minimum absolute atomic E-state index is 0.463. The topological polar surface area (TPSA) is 46.2 Å². The van der Waals surface area contributed by atoms with Crippen molar-refractivity contribution < 1.29 is 21.8 Å². The summed E-state index contributed by atoms with van der Waals surface area (Å²) in [6.07, 6.45) is 3.63. The molecule has 0 aromatic heterocycles. The molecule has 0 amide bonds. The summed E-state index contributed by atoms with van der Waals surface area (Å²) in [6.45, 7) is 17.2. The van der Waals surface area contributed by atoms with E-state index in [9.17, 15) is 0 Å². The lowest BCUT2D eigenvalue weighted by Gasteiger charge is -2.36. The highest BCUT2D eigenvalue weighted by atomic mass is 28.5. The molecule has 124 valence electrons. The highest BCUT2D eigenvalue weighted by molar-refractivity contribution is 6.77. The van der Waals surface area contributed by atoms with E-state index in [1.165, 1.54) is 0 Å². The van der Waals surface area contributed by atoms with E-state index in [1.807, 2.05) is 39.8 Å². The molecular weight excluding hydrogens is 304 g/mol. The van der Waals surface area contributed by atoms with Gasteiger partial charge in [-0.2, -0.15) is 0 Å². The molecule has 0 spiro atoms. The van der Waals surface area contributed by atoms with Gasteiger partial charge >= 0.3 is 17.6 Å². The van der Waals surface area contributed by atoms with Crippen molar-refractivity contribution in [1.29, 1.82) is 0 Å². The molecule has 5 nitrogen and oxygen atoms in total. The molecule has 0 aromatic carbocycles. The van der Waals surface area contributed by atoms with Gasteiger partial charge in [-0.25, -0.2) is 0 Å². The smallest absolute Gasteiger partial charge is 0.395 e. The van der Waals surface area contributed by atoms with Gasteiger partial charge in [-0.15, -0.1) is 13.2 Å². The van der Waals surface area contributed by atoms with Gasteiger partial charge in [0.25, 0.3) is 0 Å². The van der Waals surface area contributed by atoms with Gasteiger partial charge < -0.3 is 21.8 Å². The fourth-order valence-electron chi connectivity index (χ4n) is 1.99. The highest BCUT2D eigenvalue weighted by Crippen LogP contribution is 2.27. The van der Waals surface area contributed by atoms with Gasteiger partial charge in [0.15, 0.2) is 0 Å². The van der Waals surface area contributed by atoms with Crippen LogP contribution in [-0.2, 0) is 21.8 Å². The van der Waals surface area contributed by atoms with Crippen molar-refractivity contribution in [3.8, 4) is 0 Å². The SMILES string of the molecule is C=CC[Si](CC=C)(OCC)O[Si](OCC)(OCC)OCC. The van der Waals surface area contributed by atoms with Crippen LogP contribution in [0.4, 0.5) is 0 Å². The normalized spacial score (nSPS) is 12.4. The maximum atomic E-state index is 6.31. The number of hydrogen-bond acceptors (Lipinski definition) is 5. The minimum Gasteiger partial charge on any atom is -0.395 e. The summed E-state index contributed by atoms with van der Waals surface area (Å²) < 4.78 is 29.6. The van der Waals surface area contributed by atoms with E-state index >= 15 is 0 Å². The van der Waals surface area contributed by atoms with Gasteiger partial charge in [-0.1, -0.05) is 12.2 Å². The van der Waals surface area contributed by atoms with Crippen molar-refractivity contribution in [3.63, 3.8) is 0 Å². The Morgan fingerprint density at radius 1 is 0.714 bits per heavy atom. The van der Waals surface area contributed by atoms with Crippen LogP contribution in [0, 0.1) is 0 Å². The Morgan fingerprint density at radius 3 is 1.38 bits per heavy atom. The third kappa shape index (κ3) is 7.01. The van der Waals surface area contributed by atoms with Crippen LogP contribution >= 0.6 is 0 Å². The Hall–Kier alpha value is -0.286. The third-order valence-electron chi connectivity index (χ3n) is 2.59. The first-order valence-electron chi connectivity index (χ1n) is 7.55. The molecule has 0 heterocycles. The summed E-state index contributed by atoms with van der Waals surface area (Å²) in [5, 5.41) is 0. The van der Waals surface area contributed by atoms with Crippen molar-refractivity contribution in [2.45, 2.75) is 39.8 Å². The van der Waals surface area contributed by atoms with E-state index in [4.69, 9.17) is 21.8 Å². The number of allylic oxidation sites excluding steroid dienone is 2. The quantitative estimate of drug-likeness (QED) is 0.360. The summed E-state index contributed by atoms with van der Waals surface area (Å²) in [4.78, 5) is 0. The van der Waals surface area contributed by atoms with Gasteiger partial charge in [0.05, 0.1) is 0 Å². The molecule has 0 N–H and O–H groups in total. The van der Waals surface area contributed by atoms with Crippen molar-refractivity contribution in [3.05, 3.63) is 25.3 Å². The predicted molar refractivity (Wildman–Crippen MR) is 89.1 cm³/mol. The molecule has 0 fully saturated rings. The zero-order valence-corrected chi connectivity index (χ0v) is 15.9. The summed E-state index contributed by atoms with van der Waals surface area (Å²) >= 11 is 0. The second-order valence-corrected chi connectivity index (χ2v) is 9.84. The Kier molecular flexibility index (Phi) is 11.1. The van der Waals surface area contributed by atoms with Gasteiger partial charge in [0, 0.05) is 38.5 Å². The first-order valence-corrected chi connectivity index (χ1v) is 11.4. The fraction of sp³-hybridized carbons (Fsp3) is 0.714. The van der Waals surface area contributed by atoms with Crippen LogP contribution in [0.15, 0.2) is 25.3 Å². The summed E-state index contributed by atoms with van der Waals surface area (Å²) in [7, 11) is -5.79. The van der Waals surface area contributed by atoms with Crippen LogP contribution in [0.3, 0.4) is 0 Å². The second-order valence-electron chi connectivity index (χ2n) is 4.23. The predicted octanol–water partition coefficient (Wildman–Crippen LogP) is 3.40. The second kappa shape index (κ2) is 11.3. The van der Waals surface area contributed by atoms with E-state index < -0.39 is 17.6 Å². The van der Waals surface area contributed by atoms with E-state index in [0.29, 0.717) is 38.5 Å². The average molecular weight is 335 g/mol. The lowest BCUT2D eigenvalue weighted by molar-refractivity contribution is -0.00268. The molecule has 0 atom stereocenters. The summed E-state index contributed by atoms with van der Waals surface area (Å²) in [5.74, 6) is 0. The zero-order chi connectivity index (χ0) is 16.2. The average Bonchev–Trinajstić information content (AvgIpc) is 2.40. The van der Waals surface area contributed by atoms with Gasteiger partial charge in [-0.3, -0.25) is 0 Å². The van der Waals surface area contributed by atoms with E-state index in [1.54, 1.807) is 0 Å². The molecule has 0 radical (unpaired) electrons. The molecule has 0 unspecified atom stereocenters.